The Hall–Kier alpha value is -1.72. The maximum atomic E-state index is 5.91. The van der Waals surface area contributed by atoms with Crippen LogP contribution in [0.3, 0.4) is 0 Å². The number of aromatic nitrogens is 3. The third kappa shape index (κ3) is 3.19. The highest BCUT2D eigenvalue weighted by Gasteiger charge is 2.18. The summed E-state index contributed by atoms with van der Waals surface area (Å²) < 4.78 is 2.01. The van der Waals surface area contributed by atoms with E-state index in [9.17, 15) is 0 Å². The van der Waals surface area contributed by atoms with E-state index in [4.69, 9.17) is 5.73 Å². The highest BCUT2D eigenvalue weighted by Crippen LogP contribution is 2.18. The first kappa shape index (κ1) is 13.7. The topological polar surface area (TPSA) is 60.0 Å². The van der Waals surface area contributed by atoms with E-state index in [1.807, 2.05) is 42.9 Å². The fourth-order valence-corrected chi connectivity index (χ4v) is 2.27. The maximum absolute atomic E-state index is 5.91. The molecule has 5 heteroatoms. The van der Waals surface area contributed by atoms with Gasteiger partial charge < -0.3 is 10.3 Å². The highest BCUT2D eigenvalue weighted by molar-refractivity contribution is 5.11. The normalized spacial score (nSPS) is 12.9. The molecule has 2 rings (SSSR count). The second kappa shape index (κ2) is 5.95. The molecular formula is C14H21N5. The maximum Gasteiger partial charge on any atom is 0.0946 e. The van der Waals surface area contributed by atoms with Crippen molar-refractivity contribution in [1.82, 2.24) is 19.4 Å². The molecule has 5 nitrogen and oxygen atoms in total. The summed E-state index contributed by atoms with van der Waals surface area (Å²) in [7, 11) is 4.05. The van der Waals surface area contributed by atoms with Gasteiger partial charge in [-0.1, -0.05) is 6.07 Å². The number of aryl methyl sites for hydroxylation is 2. The number of nitrogens with zero attached hydrogens (tertiary/aromatic N) is 4. The Morgan fingerprint density at radius 1 is 1.42 bits per heavy atom. The van der Waals surface area contributed by atoms with Crippen LogP contribution >= 0.6 is 0 Å². The molecule has 2 aromatic rings. The predicted molar refractivity (Wildman–Crippen MR) is 75.4 cm³/mol. The predicted octanol–water partition coefficient (Wildman–Crippen LogP) is 1.26. The molecular weight excluding hydrogens is 238 g/mol. The molecule has 0 aliphatic heterocycles. The van der Waals surface area contributed by atoms with E-state index in [1.54, 1.807) is 6.33 Å². The Morgan fingerprint density at radius 2 is 2.21 bits per heavy atom. The lowest BCUT2D eigenvalue weighted by atomic mass is 10.2. The lowest BCUT2D eigenvalue weighted by molar-refractivity contribution is 0.231. The first-order chi connectivity index (χ1) is 9.11. The number of pyridine rings is 1. The van der Waals surface area contributed by atoms with Crippen molar-refractivity contribution in [3.8, 4) is 0 Å². The van der Waals surface area contributed by atoms with E-state index in [0.717, 1.165) is 23.6 Å². The number of rotatable bonds is 5. The van der Waals surface area contributed by atoms with Crippen molar-refractivity contribution in [2.45, 2.75) is 19.5 Å². The van der Waals surface area contributed by atoms with Gasteiger partial charge in [0, 0.05) is 32.0 Å². The SMILES string of the molecule is Cc1cccc(CN(C)C(CN)c2cncn2C)n1. The van der Waals surface area contributed by atoms with Crippen molar-refractivity contribution in [2.24, 2.45) is 12.8 Å². The number of hydrogen-bond donors (Lipinski definition) is 1. The van der Waals surface area contributed by atoms with Crippen molar-refractivity contribution in [3.05, 3.63) is 47.8 Å². The van der Waals surface area contributed by atoms with Crippen LogP contribution in [0.1, 0.15) is 23.1 Å². The molecule has 0 radical (unpaired) electrons. The lowest BCUT2D eigenvalue weighted by Crippen LogP contribution is -2.31. The van der Waals surface area contributed by atoms with E-state index in [2.05, 4.69) is 21.9 Å². The van der Waals surface area contributed by atoms with Gasteiger partial charge in [-0.3, -0.25) is 9.88 Å². The van der Waals surface area contributed by atoms with Gasteiger partial charge in [0.25, 0.3) is 0 Å². The summed E-state index contributed by atoms with van der Waals surface area (Å²) in [5, 5.41) is 0. The quantitative estimate of drug-likeness (QED) is 0.878. The minimum Gasteiger partial charge on any atom is -0.336 e. The minimum atomic E-state index is 0.148. The molecule has 0 aromatic carbocycles. The Labute approximate surface area is 114 Å². The minimum absolute atomic E-state index is 0.148. The van der Waals surface area contributed by atoms with E-state index in [-0.39, 0.29) is 6.04 Å². The average molecular weight is 259 g/mol. The van der Waals surface area contributed by atoms with Crippen LogP contribution in [0.15, 0.2) is 30.7 Å². The van der Waals surface area contributed by atoms with Crippen LogP contribution in [0.4, 0.5) is 0 Å². The van der Waals surface area contributed by atoms with Gasteiger partial charge in [-0.25, -0.2) is 4.98 Å². The van der Waals surface area contributed by atoms with Gasteiger partial charge in [-0.05, 0) is 26.1 Å². The van der Waals surface area contributed by atoms with Crippen LogP contribution in [-0.2, 0) is 13.6 Å². The monoisotopic (exact) mass is 259 g/mol. The molecule has 0 aliphatic carbocycles. The molecule has 0 fully saturated rings. The van der Waals surface area contributed by atoms with Crippen molar-refractivity contribution >= 4 is 0 Å². The zero-order valence-corrected chi connectivity index (χ0v) is 11.7. The Balaban J connectivity index is 2.14. The number of imidazole rings is 1. The van der Waals surface area contributed by atoms with Gasteiger partial charge >= 0.3 is 0 Å². The smallest absolute Gasteiger partial charge is 0.0946 e. The zero-order chi connectivity index (χ0) is 13.8. The van der Waals surface area contributed by atoms with Crippen LogP contribution in [0.5, 0.6) is 0 Å². The molecule has 0 bridgehead atoms. The number of hydrogen-bond acceptors (Lipinski definition) is 4. The van der Waals surface area contributed by atoms with E-state index < -0.39 is 0 Å². The number of nitrogens with two attached hydrogens (primary N) is 1. The molecule has 2 heterocycles. The first-order valence-electron chi connectivity index (χ1n) is 6.41. The van der Waals surface area contributed by atoms with Gasteiger partial charge in [-0.2, -0.15) is 0 Å². The van der Waals surface area contributed by atoms with Crippen molar-refractivity contribution < 1.29 is 0 Å². The number of likely N-dealkylation sites (N-methyl/N-ethyl adjacent to an activating group) is 1. The van der Waals surface area contributed by atoms with Crippen LogP contribution in [-0.4, -0.2) is 33.0 Å². The van der Waals surface area contributed by atoms with E-state index in [1.165, 1.54) is 0 Å². The Kier molecular flexibility index (Phi) is 4.29. The lowest BCUT2D eigenvalue weighted by Gasteiger charge is -2.26. The molecule has 1 unspecified atom stereocenters. The standard InChI is InChI=1S/C14H21N5/c1-11-5-4-6-12(17-11)9-18(2)13(7-15)14-8-16-10-19(14)3/h4-6,8,10,13H,7,9,15H2,1-3H3. The molecule has 0 saturated carbocycles. The van der Waals surface area contributed by atoms with Crippen LogP contribution in [0, 0.1) is 6.92 Å². The Bertz CT molecular complexity index is 534. The fourth-order valence-electron chi connectivity index (χ4n) is 2.27. The van der Waals surface area contributed by atoms with E-state index >= 15 is 0 Å². The molecule has 0 aliphatic rings. The summed E-state index contributed by atoms with van der Waals surface area (Å²) in [6.07, 6.45) is 3.68. The molecule has 102 valence electrons. The average Bonchev–Trinajstić information content (AvgIpc) is 2.77. The molecule has 19 heavy (non-hydrogen) atoms. The molecule has 0 saturated heterocycles. The first-order valence-corrected chi connectivity index (χ1v) is 6.41. The third-order valence-corrected chi connectivity index (χ3v) is 3.31. The van der Waals surface area contributed by atoms with Gasteiger partial charge in [0.05, 0.1) is 23.8 Å². The summed E-state index contributed by atoms with van der Waals surface area (Å²) in [6.45, 7) is 3.33. The van der Waals surface area contributed by atoms with Crippen LogP contribution in [0.2, 0.25) is 0 Å². The highest BCUT2D eigenvalue weighted by atomic mass is 15.2. The van der Waals surface area contributed by atoms with Crippen LogP contribution < -0.4 is 5.73 Å². The second-order valence-corrected chi connectivity index (χ2v) is 4.87. The van der Waals surface area contributed by atoms with Crippen molar-refractivity contribution in [3.63, 3.8) is 0 Å². The molecule has 2 N–H and O–H groups in total. The summed E-state index contributed by atoms with van der Waals surface area (Å²) in [5.74, 6) is 0. The van der Waals surface area contributed by atoms with Gasteiger partial charge in [0.1, 0.15) is 0 Å². The summed E-state index contributed by atoms with van der Waals surface area (Å²) in [5.41, 5.74) is 9.13. The van der Waals surface area contributed by atoms with E-state index in [0.29, 0.717) is 6.54 Å². The zero-order valence-electron chi connectivity index (χ0n) is 11.7. The summed E-state index contributed by atoms with van der Waals surface area (Å²) in [4.78, 5) is 10.9. The largest absolute Gasteiger partial charge is 0.336 e. The fraction of sp³-hybridized carbons (Fsp3) is 0.429. The van der Waals surface area contributed by atoms with Crippen LogP contribution in [0.25, 0.3) is 0 Å². The molecule has 1 atom stereocenters. The van der Waals surface area contributed by atoms with Gasteiger partial charge in [-0.15, -0.1) is 0 Å². The third-order valence-electron chi connectivity index (χ3n) is 3.31. The van der Waals surface area contributed by atoms with Crippen molar-refractivity contribution in [2.75, 3.05) is 13.6 Å². The molecule has 0 amide bonds. The second-order valence-electron chi connectivity index (χ2n) is 4.87. The molecule has 2 aromatic heterocycles. The van der Waals surface area contributed by atoms with Gasteiger partial charge in [0.15, 0.2) is 0 Å². The summed E-state index contributed by atoms with van der Waals surface area (Å²) >= 11 is 0. The summed E-state index contributed by atoms with van der Waals surface area (Å²) in [6, 6.07) is 6.23. The Morgan fingerprint density at radius 3 is 2.79 bits per heavy atom. The van der Waals surface area contributed by atoms with Gasteiger partial charge in [0.2, 0.25) is 0 Å². The van der Waals surface area contributed by atoms with Crippen molar-refractivity contribution in [1.29, 1.82) is 0 Å². The molecule has 0 spiro atoms.